The summed E-state index contributed by atoms with van der Waals surface area (Å²) >= 11 is 1.30. The zero-order valence-corrected chi connectivity index (χ0v) is 15.4. The van der Waals surface area contributed by atoms with Crippen LogP contribution >= 0.6 is 11.3 Å². The number of benzene rings is 1. The standard InChI is InChI=1S/C18H18N4O3S/c1-4-25-17-14-10(2)15(26-18(14)20-9-19-17)16(24)22-13-7-5-12(6-8-13)21-11(3)23/h5-9H,4H2,1-3H3,(H,21,23)(H,22,24). The largest absolute Gasteiger partial charge is 0.477 e. The van der Waals surface area contributed by atoms with E-state index in [9.17, 15) is 9.59 Å². The van der Waals surface area contributed by atoms with Gasteiger partial charge in [0.1, 0.15) is 11.2 Å². The number of fused-ring (bicyclic) bond motifs is 1. The second-order valence-electron chi connectivity index (χ2n) is 5.56. The number of thiophene rings is 1. The normalized spacial score (nSPS) is 10.6. The van der Waals surface area contributed by atoms with Crippen molar-refractivity contribution in [2.45, 2.75) is 20.8 Å². The second-order valence-corrected chi connectivity index (χ2v) is 6.56. The zero-order chi connectivity index (χ0) is 18.7. The van der Waals surface area contributed by atoms with Crippen molar-refractivity contribution in [3.05, 3.63) is 41.0 Å². The predicted molar refractivity (Wildman–Crippen MR) is 102 cm³/mol. The molecule has 3 aromatic rings. The lowest BCUT2D eigenvalue weighted by atomic mass is 10.2. The van der Waals surface area contributed by atoms with Crippen LogP contribution in [0.3, 0.4) is 0 Å². The van der Waals surface area contributed by atoms with Crippen molar-refractivity contribution in [1.29, 1.82) is 0 Å². The van der Waals surface area contributed by atoms with Crippen molar-refractivity contribution in [3.63, 3.8) is 0 Å². The minimum absolute atomic E-state index is 0.145. The summed E-state index contributed by atoms with van der Waals surface area (Å²) in [5.41, 5.74) is 2.10. The number of nitrogens with one attached hydrogen (secondary N) is 2. The van der Waals surface area contributed by atoms with Crippen molar-refractivity contribution in [3.8, 4) is 5.88 Å². The van der Waals surface area contributed by atoms with Crippen LogP contribution in [0.2, 0.25) is 0 Å². The van der Waals surface area contributed by atoms with Crippen LogP contribution in [0.4, 0.5) is 11.4 Å². The van der Waals surface area contributed by atoms with Crippen LogP contribution in [0.5, 0.6) is 5.88 Å². The lowest BCUT2D eigenvalue weighted by Crippen LogP contribution is -2.11. The number of hydrogen-bond acceptors (Lipinski definition) is 6. The molecule has 0 unspecified atom stereocenters. The highest BCUT2D eigenvalue weighted by Crippen LogP contribution is 2.34. The van der Waals surface area contributed by atoms with E-state index in [0.29, 0.717) is 33.6 Å². The van der Waals surface area contributed by atoms with E-state index in [4.69, 9.17) is 4.74 Å². The molecule has 134 valence electrons. The van der Waals surface area contributed by atoms with E-state index in [1.54, 1.807) is 24.3 Å². The Kier molecular flexibility index (Phi) is 5.13. The minimum atomic E-state index is -0.222. The van der Waals surface area contributed by atoms with Gasteiger partial charge in [-0.3, -0.25) is 9.59 Å². The van der Waals surface area contributed by atoms with Crippen LogP contribution < -0.4 is 15.4 Å². The number of carbonyl (C=O) groups is 2. The minimum Gasteiger partial charge on any atom is -0.477 e. The Morgan fingerprint density at radius 1 is 1.12 bits per heavy atom. The number of anilines is 2. The number of carbonyl (C=O) groups excluding carboxylic acids is 2. The predicted octanol–water partition coefficient (Wildman–Crippen LogP) is 3.61. The number of rotatable bonds is 5. The number of ether oxygens (including phenoxy) is 1. The smallest absolute Gasteiger partial charge is 0.266 e. The van der Waals surface area contributed by atoms with E-state index in [2.05, 4.69) is 20.6 Å². The van der Waals surface area contributed by atoms with Crippen molar-refractivity contribution >= 4 is 44.7 Å². The Hall–Kier alpha value is -3.00. The molecule has 26 heavy (non-hydrogen) atoms. The van der Waals surface area contributed by atoms with Crippen LogP contribution in [-0.4, -0.2) is 28.4 Å². The third-order valence-electron chi connectivity index (χ3n) is 3.64. The number of hydrogen-bond donors (Lipinski definition) is 2. The van der Waals surface area contributed by atoms with Crippen LogP contribution in [0.25, 0.3) is 10.2 Å². The molecule has 8 heteroatoms. The first-order chi connectivity index (χ1) is 12.5. The fourth-order valence-corrected chi connectivity index (χ4v) is 3.56. The van der Waals surface area contributed by atoms with Gasteiger partial charge in [0.05, 0.1) is 16.9 Å². The molecule has 0 aliphatic rings. The molecule has 0 fully saturated rings. The fourth-order valence-electron chi connectivity index (χ4n) is 2.53. The number of aromatic nitrogens is 2. The van der Waals surface area contributed by atoms with Gasteiger partial charge >= 0.3 is 0 Å². The molecule has 0 spiro atoms. The summed E-state index contributed by atoms with van der Waals surface area (Å²) in [6, 6.07) is 6.93. The van der Waals surface area contributed by atoms with Gasteiger partial charge < -0.3 is 15.4 Å². The van der Waals surface area contributed by atoms with Gasteiger partial charge in [-0.15, -0.1) is 11.3 Å². The molecule has 0 aliphatic heterocycles. The Bertz CT molecular complexity index is 966. The lowest BCUT2D eigenvalue weighted by molar-refractivity contribution is -0.114. The average molecular weight is 370 g/mol. The topological polar surface area (TPSA) is 93.2 Å². The molecular weight excluding hydrogens is 352 g/mol. The third kappa shape index (κ3) is 3.65. The Labute approximate surface area is 154 Å². The fraction of sp³-hybridized carbons (Fsp3) is 0.222. The average Bonchev–Trinajstić information content (AvgIpc) is 2.94. The summed E-state index contributed by atoms with van der Waals surface area (Å²) in [5, 5.41) is 6.31. The molecule has 7 nitrogen and oxygen atoms in total. The summed E-state index contributed by atoms with van der Waals surface area (Å²) in [6.07, 6.45) is 1.44. The molecule has 2 N–H and O–H groups in total. The Balaban J connectivity index is 1.85. The van der Waals surface area contributed by atoms with Gasteiger partial charge in [0.25, 0.3) is 5.91 Å². The van der Waals surface area contributed by atoms with E-state index in [-0.39, 0.29) is 11.8 Å². The monoisotopic (exact) mass is 370 g/mol. The zero-order valence-electron chi connectivity index (χ0n) is 14.6. The maximum Gasteiger partial charge on any atom is 0.266 e. The number of amides is 2. The highest BCUT2D eigenvalue weighted by atomic mass is 32.1. The van der Waals surface area contributed by atoms with E-state index >= 15 is 0 Å². The molecule has 0 atom stereocenters. The summed E-state index contributed by atoms with van der Waals surface area (Å²) in [7, 11) is 0. The van der Waals surface area contributed by atoms with Crippen molar-refractivity contribution in [1.82, 2.24) is 9.97 Å². The highest BCUT2D eigenvalue weighted by Gasteiger charge is 2.20. The molecule has 2 heterocycles. The van der Waals surface area contributed by atoms with E-state index in [1.165, 1.54) is 24.6 Å². The van der Waals surface area contributed by atoms with E-state index < -0.39 is 0 Å². The van der Waals surface area contributed by atoms with Crippen molar-refractivity contribution < 1.29 is 14.3 Å². The van der Waals surface area contributed by atoms with Gasteiger partial charge in [-0.05, 0) is 43.7 Å². The van der Waals surface area contributed by atoms with E-state index in [0.717, 1.165) is 10.9 Å². The lowest BCUT2D eigenvalue weighted by Gasteiger charge is -2.07. The van der Waals surface area contributed by atoms with Crippen LogP contribution in [0, 0.1) is 6.92 Å². The maximum absolute atomic E-state index is 12.7. The molecule has 2 aromatic heterocycles. The third-order valence-corrected chi connectivity index (χ3v) is 4.84. The molecule has 0 saturated carbocycles. The SMILES string of the molecule is CCOc1ncnc2sc(C(=O)Nc3ccc(NC(C)=O)cc3)c(C)c12. The summed E-state index contributed by atoms with van der Waals surface area (Å²) in [5.74, 6) is 0.124. The van der Waals surface area contributed by atoms with Crippen molar-refractivity contribution in [2.24, 2.45) is 0 Å². The molecule has 3 rings (SSSR count). The number of aryl methyl sites for hydroxylation is 1. The van der Waals surface area contributed by atoms with Crippen LogP contribution in [0.15, 0.2) is 30.6 Å². The van der Waals surface area contributed by atoms with Crippen molar-refractivity contribution in [2.75, 3.05) is 17.2 Å². The second kappa shape index (κ2) is 7.49. The first-order valence-electron chi connectivity index (χ1n) is 8.05. The molecule has 0 bridgehead atoms. The van der Waals surface area contributed by atoms with Gasteiger partial charge in [-0.2, -0.15) is 0 Å². The highest BCUT2D eigenvalue weighted by molar-refractivity contribution is 7.20. The molecular formula is C18H18N4O3S. The van der Waals surface area contributed by atoms with Crippen LogP contribution in [-0.2, 0) is 4.79 Å². The first-order valence-corrected chi connectivity index (χ1v) is 8.87. The maximum atomic E-state index is 12.7. The molecule has 2 amide bonds. The summed E-state index contributed by atoms with van der Waals surface area (Å²) in [6.45, 7) is 5.68. The van der Waals surface area contributed by atoms with Gasteiger partial charge in [0.2, 0.25) is 11.8 Å². The first kappa shape index (κ1) is 17.8. The Morgan fingerprint density at radius 2 is 1.77 bits per heavy atom. The van der Waals surface area contributed by atoms with E-state index in [1.807, 2.05) is 13.8 Å². The Morgan fingerprint density at radius 3 is 2.38 bits per heavy atom. The van der Waals surface area contributed by atoms with Gasteiger partial charge in [0, 0.05) is 18.3 Å². The quantitative estimate of drug-likeness (QED) is 0.716. The van der Waals surface area contributed by atoms with Crippen LogP contribution in [0.1, 0.15) is 29.1 Å². The van der Waals surface area contributed by atoms with Gasteiger partial charge in [0.15, 0.2) is 0 Å². The number of nitrogens with zero attached hydrogens (tertiary/aromatic N) is 2. The van der Waals surface area contributed by atoms with Gasteiger partial charge in [-0.25, -0.2) is 9.97 Å². The summed E-state index contributed by atoms with van der Waals surface area (Å²) in [4.78, 5) is 33.4. The molecule has 0 radical (unpaired) electrons. The molecule has 0 saturated heterocycles. The van der Waals surface area contributed by atoms with Gasteiger partial charge in [-0.1, -0.05) is 0 Å². The molecule has 1 aromatic carbocycles. The molecule has 0 aliphatic carbocycles. The summed E-state index contributed by atoms with van der Waals surface area (Å²) < 4.78 is 5.55.